The van der Waals surface area contributed by atoms with E-state index in [1.807, 2.05) is 67.2 Å². The van der Waals surface area contributed by atoms with E-state index in [0.717, 1.165) is 40.0 Å². The van der Waals surface area contributed by atoms with Gasteiger partial charge in [0, 0.05) is 23.3 Å². The average Bonchev–Trinajstić information content (AvgIpc) is 2.91. The van der Waals surface area contributed by atoms with Gasteiger partial charge in [0.1, 0.15) is 5.75 Å². The smallest absolute Gasteiger partial charge is 0.297 e. The summed E-state index contributed by atoms with van der Waals surface area (Å²) in [4.78, 5) is 17.5. The molecule has 0 aliphatic carbocycles. The Labute approximate surface area is 173 Å². The summed E-state index contributed by atoms with van der Waals surface area (Å²) in [5.74, 6) is 0.761. The fourth-order valence-electron chi connectivity index (χ4n) is 2.92. The van der Waals surface area contributed by atoms with Crippen LogP contribution in [0.15, 0.2) is 62.8 Å². The van der Waals surface area contributed by atoms with E-state index in [-0.39, 0.29) is 5.56 Å². The quantitative estimate of drug-likeness (QED) is 0.374. The highest BCUT2D eigenvalue weighted by atomic mass is 79.9. The number of aromatic nitrogens is 2. The summed E-state index contributed by atoms with van der Waals surface area (Å²) in [5, 5.41) is 0. The van der Waals surface area contributed by atoms with E-state index >= 15 is 0 Å². The van der Waals surface area contributed by atoms with E-state index in [1.165, 1.54) is 0 Å². The number of ether oxygens (including phenoxy) is 1. The van der Waals surface area contributed by atoms with Gasteiger partial charge in [-0.05, 0) is 43.7 Å². The van der Waals surface area contributed by atoms with Crippen LogP contribution in [0.3, 0.4) is 0 Å². The summed E-state index contributed by atoms with van der Waals surface area (Å²) in [5.41, 5.74) is 2.72. The van der Waals surface area contributed by atoms with Crippen LogP contribution in [0.1, 0.15) is 31.0 Å². The predicted molar refractivity (Wildman–Crippen MR) is 118 cm³/mol. The van der Waals surface area contributed by atoms with E-state index in [0.29, 0.717) is 12.3 Å². The highest BCUT2D eigenvalue weighted by Gasteiger charge is 2.15. The first-order valence-electron chi connectivity index (χ1n) is 9.33. The third kappa shape index (κ3) is 4.28. The van der Waals surface area contributed by atoms with Crippen LogP contribution in [0.2, 0.25) is 0 Å². The molecule has 0 saturated heterocycles. The number of para-hydroxylation sites is 1. The monoisotopic (exact) mass is 441 g/mol. The Kier molecular flexibility index (Phi) is 6.52. The number of hydrogen-bond donors (Lipinski definition) is 0. The van der Waals surface area contributed by atoms with E-state index in [9.17, 15) is 4.79 Å². The topological polar surface area (TPSA) is 48.5 Å². The molecule has 0 aliphatic heterocycles. The molecule has 1 heterocycles. The van der Waals surface area contributed by atoms with Gasteiger partial charge in [-0.25, -0.2) is 9.67 Å². The fraction of sp³-hybridized carbons (Fsp3) is 0.273. The first-order chi connectivity index (χ1) is 13.5. The molecule has 1 aromatic heterocycles. The van der Waals surface area contributed by atoms with Crippen molar-refractivity contribution < 1.29 is 4.74 Å². The SMILES string of the molecule is CCCCOc1ccc(Br)cc1C=Nc1c(C)n(C)n(-c2ccccc2)c1=O. The molecule has 0 N–H and O–H groups in total. The van der Waals surface area contributed by atoms with Crippen LogP contribution in [0.25, 0.3) is 5.69 Å². The van der Waals surface area contributed by atoms with Crippen molar-refractivity contribution in [3.63, 3.8) is 0 Å². The highest BCUT2D eigenvalue weighted by molar-refractivity contribution is 9.10. The number of nitrogens with zero attached hydrogens (tertiary/aromatic N) is 3. The predicted octanol–water partition coefficient (Wildman–Crippen LogP) is 5.18. The second kappa shape index (κ2) is 9.06. The number of halogens is 1. The highest BCUT2D eigenvalue weighted by Crippen LogP contribution is 2.23. The van der Waals surface area contributed by atoms with Crippen molar-refractivity contribution >= 4 is 27.8 Å². The van der Waals surface area contributed by atoms with Gasteiger partial charge in [-0.1, -0.05) is 47.5 Å². The van der Waals surface area contributed by atoms with Gasteiger partial charge in [0.25, 0.3) is 5.56 Å². The van der Waals surface area contributed by atoms with Crippen LogP contribution in [-0.2, 0) is 7.05 Å². The summed E-state index contributed by atoms with van der Waals surface area (Å²) in [6.45, 7) is 4.68. The zero-order valence-electron chi connectivity index (χ0n) is 16.4. The summed E-state index contributed by atoms with van der Waals surface area (Å²) < 4.78 is 10.3. The lowest BCUT2D eigenvalue weighted by Gasteiger charge is -2.08. The van der Waals surface area contributed by atoms with E-state index in [4.69, 9.17) is 4.74 Å². The van der Waals surface area contributed by atoms with E-state index < -0.39 is 0 Å². The molecule has 2 aromatic carbocycles. The molecular formula is C22H24BrN3O2. The maximum atomic E-state index is 13.0. The van der Waals surface area contributed by atoms with Gasteiger partial charge in [-0.2, -0.15) is 0 Å². The number of unbranched alkanes of at least 4 members (excludes halogenated alkanes) is 1. The lowest BCUT2D eigenvalue weighted by atomic mass is 10.2. The van der Waals surface area contributed by atoms with Crippen LogP contribution in [-0.4, -0.2) is 22.2 Å². The van der Waals surface area contributed by atoms with E-state index in [2.05, 4.69) is 27.8 Å². The van der Waals surface area contributed by atoms with Crippen molar-refractivity contribution in [1.82, 2.24) is 9.36 Å². The zero-order valence-corrected chi connectivity index (χ0v) is 17.9. The number of benzene rings is 2. The molecule has 3 aromatic rings. The Bertz CT molecular complexity index is 1040. The standard InChI is InChI=1S/C22H24BrN3O2/c1-4-5-13-28-20-12-11-18(23)14-17(20)15-24-21-16(2)25(3)26(22(21)27)19-9-7-6-8-10-19/h6-12,14-15H,4-5,13H2,1-3H3. The van der Waals surface area contributed by atoms with Gasteiger partial charge >= 0.3 is 0 Å². The summed E-state index contributed by atoms with van der Waals surface area (Å²) in [7, 11) is 1.86. The zero-order chi connectivity index (χ0) is 20.1. The maximum absolute atomic E-state index is 13.0. The molecule has 0 amide bonds. The van der Waals surface area contributed by atoms with Crippen molar-refractivity contribution in [2.24, 2.45) is 12.0 Å². The Morgan fingerprint density at radius 3 is 2.64 bits per heavy atom. The van der Waals surface area contributed by atoms with Crippen molar-refractivity contribution in [1.29, 1.82) is 0 Å². The van der Waals surface area contributed by atoms with Crippen LogP contribution >= 0.6 is 15.9 Å². The van der Waals surface area contributed by atoms with Gasteiger partial charge in [-0.3, -0.25) is 9.48 Å². The molecule has 6 heteroatoms. The molecule has 5 nitrogen and oxygen atoms in total. The Hall–Kier alpha value is -2.60. The molecule has 146 valence electrons. The molecule has 0 aliphatic rings. The van der Waals surface area contributed by atoms with Gasteiger partial charge in [-0.15, -0.1) is 0 Å². The molecular weight excluding hydrogens is 418 g/mol. The molecule has 0 fully saturated rings. The fourth-order valence-corrected chi connectivity index (χ4v) is 3.29. The maximum Gasteiger partial charge on any atom is 0.297 e. The van der Waals surface area contributed by atoms with Gasteiger partial charge in [0.15, 0.2) is 5.69 Å². The normalized spacial score (nSPS) is 11.3. The number of aliphatic imine (C=N–C) groups is 1. The summed E-state index contributed by atoms with van der Waals surface area (Å²) in [6, 6.07) is 15.4. The lowest BCUT2D eigenvalue weighted by Crippen LogP contribution is -2.19. The van der Waals surface area contributed by atoms with Crippen molar-refractivity contribution in [3.05, 3.63) is 74.6 Å². The van der Waals surface area contributed by atoms with Crippen molar-refractivity contribution in [2.75, 3.05) is 6.61 Å². The van der Waals surface area contributed by atoms with Crippen LogP contribution in [0.4, 0.5) is 5.69 Å². The molecule has 0 unspecified atom stereocenters. The third-order valence-corrected chi connectivity index (χ3v) is 5.08. The number of hydrogen-bond acceptors (Lipinski definition) is 3. The Morgan fingerprint density at radius 1 is 1.18 bits per heavy atom. The Morgan fingerprint density at radius 2 is 1.93 bits per heavy atom. The first kappa shape index (κ1) is 20.1. The lowest BCUT2D eigenvalue weighted by molar-refractivity contribution is 0.309. The van der Waals surface area contributed by atoms with Gasteiger partial charge < -0.3 is 4.74 Å². The Balaban J connectivity index is 1.98. The van der Waals surface area contributed by atoms with Gasteiger partial charge in [0.05, 0.1) is 18.0 Å². The summed E-state index contributed by atoms with van der Waals surface area (Å²) in [6.07, 6.45) is 3.76. The summed E-state index contributed by atoms with van der Waals surface area (Å²) >= 11 is 3.49. The van der Waals surface area contributed by atoms with Crippen LogP contribution < -0.4 is 10.3 Å². The van der Waals surface area contributed by atoms with Gasteiger partial charge in [0.2, 0.25) is 0 Å². The largest absolute Gasteiger partial charge is 0.493 e. The molecule has 3 rings (SSSR count). The second-order valence-corrected chi connectivity index (χ2v) is 7.47. The minimum atomic E-state index is -0.147. The molecule has 28 heavy (non-hydrogen) atoms. The second-order valence-electron chi connectivity index (χ2n) is 6.55. The first-order valence-corrected chi connectivity index (χ1v) is 10.1. The van der Waals surface area contributed by atoms with Crippen LogP contribution in [0, 0.1) is 6.92 Å². The van der Waals surface area contributed by atoms with Crippen molar-refractivity contribution in [2.45, 2.75) is 26.7 Å². The van der Waals surface area contributed by atoms with Crippen LogP contribution in [0.5, 0.6) is 5.75 Å². The molecule has 0 spiro atoms. The average molecular weight is 442 g/mol. The minimum absolute atomic E-state index is 0.147. The third-order valence-electron chi connectivity index (χ3n) is 4.58. The molecule has 0 bridgehead atoms. The molecule has 0 atom stereocenters. The molecule has 0 saturated carbocycles. The van der Waals surface area contributed by atoms with Crippen molar-refractivity contribution in [3.8, 4) is 11.4 Å². The molecule has 0 radical (unpaired) electrons. The number of rotatable bonds is 7. The van der Waals surface area contributed by atoms with E-state index in [1.54, 1.807) is 10.9 Å². The minimum Gasteiger partial charge on any atom is -0.493 e.